The van der Waals surface area contributed by atoms with Crippen molar-refractivity contribution in [2.24, 2.45) is 0 Å². The third kappa shape index (κ3) is 19.0. The molecule has 0 radical (unpaired) electrons. The van der Waals surface area contributed by atoms with Gasteiger partial charge in [0.15, 0.2) is 12.2 Å². The highest BCUT2D eigenvalue weighted by Gasteiger charge is 1.91. The minimum atomic E-state index is 0.649. The van der Waals surface area contributed by atoms with E-state index < -0.39 is 0 Å². The maximum absolute atomic E-state index is 9.87. The minimum absolute atomic E-state index is 0.649. The average molecular weight is 309 g/mol. The Kier molecular flexibility index (Phi) is 19.1. The van der Waals surface area contributed by atoms with Gasteiger partial charge in [0.2, 0.25) is 0 Å². The molecule has 0 aromatic heterocycles. The molecule has 0 N–H and O–H groups in total. The second-order valence-corrected chi connectivity index (χ2v) is 6.04. The highest BCUT2D eigenvalue weighted by Crippen LogP contribution is 2.09. The molecule has 0 amide bonds. The lowest BCUT2D eigenvalue weighted by Crippen LogP contribution is -1.88. The lowest BCUT2D eigenvalue weighted by molar-refractivity contribution is 0.242. The summed E-state index contributed by atoms with van der Waals surface area (Å²) >= 11 is 0. The van der Waals surface area contributed by atoms with Gasteiger partial charge in [-0.15, -0.1) is 0 Å². The van der Waals surface area contributed by atoms with Crippen LogP contribution in [-0.4, -0.2) is 12.5 Å². The largest absolute Gasteiger partial charge is 0.490 e. The molecule has 0 aliphatic heterocycles. The first-order valence-corrected chi connectivity index (χ1v) is 9.37. The number of hydrogen-bond donors (Lipinski definition) is 0. The molecule has 0 unspecified atom stereocenters. The molecule has 2 heteroatoms. The van der Waals surface area contributed by atoms with Crippen LogP contribution in [0.3, 0.4) is 0 Å². The Morgan fingerprint density at radius 2 is 1.23 bits per heavy atom. The molecule has 0 aliphatic rings. The monoisotopic (exact) mass is 308 g/mol. The molecule has 0 spiro atoms. The zero-order valence-corrected chi connectivity index (χ0v) is 14.7. The first-order valence-electron chi connectivity index (χ1n) is 9.37. The van der Waals surface area contributed by atoms with Gasteiger partial charge < -0.3 is 4.74 Å². The Bertz CT molecular complexity index is 277. The van der Waals surface area contributed by atoms with Crippen LogP contribution in [0.2, 0.25) is 0 Å². The van der Waals surface area contributed by atoms with Crippen LogP contribution in [0, 0.1) is 0 Å². The van der Waals surface area contributed by atoms with Crippen LogP contribution in [0.15, 0.2) is 18.4 Å². The third-order valence-corrected chi connectivity index (χ3v) is 3.91. The lowest BCUT2D eigenvalue weighted by atomic mass is 10.1. The standard InChI is InChI=1S/C20H36O2/c1-2-3-4-5-6-7-8-9-10-11-12-13-14-15-16-17-19-22-20-18-21/h9-10,20H,2-8,11-17,19H2,1H3/b10-9-. The Labute approximate surface area is 138 Å². The van der Waals surface area contributed by atoms with Crippen LogP contribution in [0.1, 0.15) is 96.8 Å². The Hall–Kier alpha value is -1.01. The summed E-state index contributed by atoms with van der Waals surface area (Å²) in [6, 6.07) is 0. The SMILES string of the molecule is CCCCCCCC/C=C\CCCCCCCCOC=C=O. The first-order chi connectivity index (χ1) is 10.9. The van der Waals surface area contributed by atoms with Gasteiger partial charge in [0, 0.05) is 0 Å². The van der Waals surface area contributed by atoms with Crippen molar-refractivity contribution in [3.63, 3.8) is 0 Å². The smallest absolute Gasteiger partial charge is 0.166 e. The van der Waals surface area contributed by atoms with E-state index in [-0.39, 0.29) is 0 Å². The van der Waals surface area contributed by atoms with E-state index in [1.165, 1.54) is 83.5 Å². The fourth-order valence-corrected chi connectivity index (χ4v) is 2.53. The molecule has 0 aromatic rings. The van der Waals surface area contributed by atoms with Gasteiger partial charge in [0.25, 0.3) is 0 Å². The van der Waals surface area contributed by atoms with Gasteiger partial charge in [-0.1, -0.05) is 76.9 Å². The zero-order chi connectivity index (χ0) is 16.1. The summed E-state index contributed by atoms with van der Waals surface area (Å²) in [4.78, 5) is 9.87. The molecule has 0 rings (SSSR count). The molecule has 2 nitrogen and oxygen atoms in total. The highest BCUT2D eigenvalue weighted by atomic mass is 16.5. The van der Waals surface area contributed by atoms with Gasteiger partial charge in [0.1, 0.15) is 0 Å². The van der Waals surface area contributed by atoms with Crippen molar-refractivity contribution in [2.75, 3.05) is 6.61 Å². The summed E-state index contributed by atoms with van der Waals surface area (Å²) in [6.07, 6.45) is 24.2. The zero-order valence-electron chi connectivity index (χ0n) is 14.7. The van der Waals surface area contributed by atoms with E-state index in [4.69, 9.17) is 4.74 Å². The van der Waals surface area contributed by atoms with E-state index in [9.17, 15) is 4.79 Å². The molecular formula is C20H36O2. The van der Waals surface area contributed by atoms with Crippen molar-refractivity contribution in [3.8, 4) is 0 Å². The van der Waals surface area contributed by atoms with Crippen LogP contribution in [0.25, 0.3) is 0 Å². The van der Waals surface area contributed by atoms with Crippen LogP contribution in [0.4, 0.5) is 0 Å². The van der Waals surface area contributed by atoms with Crippen molar-refractivity contribution in [1.29, 1.82) is 0 Å². The molecular weight excluding hydrogens is 272 g/mol. The van der Waals surface area contributed by atoms with E-state index in [0.717, 1.165) is 12.7 Å². The van der Waals surface area contributed by atoms with Gasteiger partial charge in [-0.2, -0.15) is 0 Å². The fourth-order valence-electron chi connectivity index (χ4n) is 2.53. The molecule has 0 fully saturated rings. The maximum atomic E-state index is 9.87. The van der Waals surface area contributed by atoms with Crippen molar-refractivity contribution in [3.05, 3.63) is 18.4 Å². The van der Waals surface area contributed by atoms with E-state index in [0.29, 0.717) is 6.61 Å². The highest BCUT2D eigenvalue weighted by molar-refractivity contribution is 5.42. The van der Waals surface area contributed by atoms with Gasteiger partial charge >= 0.3 is 0 Å². The van der Waals surface area contributed by atoms with Crippen molar-refractivity contribution in [2.45, 2.75) is 96.8 Å². The molecule has 0 aromatic carbocycles. The molecule has 128 valence electrons. The second kappa shape index (κ2) is 20.0. The molecule has 0 aliphatic carbocycles. The lowest BCUT2D eigenvalue weighted by Gasteiger charge is -2.01. The topological polar surface area (TPSA) is 26.3 Å². The summed E-state index contributed by atoms with van der Waals surface area (Å²) in [7, 11) is 0. The van der Waals surface area contributed by atoms with E-state index >= 15 is 0 Å². The van der Waals surface area contributed by atoms with Crippen molar-refractivity contribution in [1.82, 2.24) is 0 Å². The average Bonchev–Trinajstić information content (AvgIpc) is 2.54. The molecule has 0 bridgehead atoms. The normalized spacial score (nSPS) is 10.8. The summed E-state index contributed by atoms with van der Waals surface area (Å²) in [6.45, 7) is 2.92. The van der Waals surface area contributed by atoms with E-state index in [1.54, 1.807) is 5.94 Å². The predicted molar refractivity (Wildman–Crippen MR) is 95.7 cm³/mol. The predicted octanol–water partition coefficient (Wildman–Crippen LogP) is 6.39. The minimum Gasteiger partial charge on any atom is -0.490 e. The molecule has 22 heavy (non-hydrogen) atoms. The number of carbonyl (C=O) groups excluding carboxylic acids is 1. The summed E-state index contributed by atoms with van der Waals surface area (Å²) in [5.74, 6) is 1.62. The first kappa shape index (κ1) is 21.0. The Morgan fingerprint density at radius 1 is 0.727 bits per heavy atom. The summed E-state index contributed by atoms with van der Waals surface area (Å²) in [5, 5.41) is 0. The maximum Gasteiger partial charge on any atom is 0.166 e. The van der Waals surface area contributed by atoms with Crippen LogP contribution < -0.4 is 0 Å². The molecule has 0 heterocycles. The van der Waals surface area contributed by atoms with E-state index in [1.807, 2.05) is 0 Å². The second-order valence-electron chi connectivity index (χ2n) is 6.04. The van der Waals surface area contributed by atoms with Gasteiger partial charge in [-0.3, -0.25) is 0 Å². The van der Waals surface area contributed by atoms with E-state index in [2.05, 4.69) is 19.1 Å². The quantitative estimate of drug-likeness (QED) is 0.135. The van der Waals surface area contributed by atoms with Crippen LogP contribution in [0.5, 0.6) is 0 Å². The van der Waals surface area contributed by atoms with Crippen molar-refractivity contribution < 1.29 is 9.53 Å². The summed E-state index contributed by atoms with van der Waals surface area (Å²) in [5.41, 5.74) is 0. The molecule has 0 atom stereocenters. The number of rotatable bonds is 17. The van der Waals surface area contributed by atoms with Crippen LogP contribution in [-0.2, 0) is 9.53 Å². The Morgan fingerprint density at radius 3 is 1.77 bits per heavy atom. The van der Waals surface area contributed by atoms with Crippen LogP contribution >= 0.6 is 0 Å². The number of unbranched alkanes of at least 4 members (excludes halogenated alkanes) is 12. The van der Waals surface area contributed by atoms with Gasteiger partial charge in [0.05, 0.1) is 6.61 Å². The number of hydrogen-bond acceptors (Lipinski definition) is 2. The molecule has 0 saturated heterocycles. The fraction of sp³-hybridized carbons (Fsp3) is 0.800. The summed E-state index contributed by atoms with van der Waals surface area (Å²) < 4.78 is 4.94. The third-order valence-electron chi connectivity index (χ3n) is 3.91. The van der Waals surface area contributed by atoms with Gasteiger partial charge in [-0.05, 0) is 32.1 Å². The number of ether oxygens (including phenoxy) is 1. The Balaban J connectivity index is 3.06. The molecule has 0 saturated carbocycles. The number of allylic oxidation sites excluding steroid dienone is 2. The van der Waals surface area contributed by atoms with Gasteiger partial charge in [-0.25, -0.2) is 4.79 Å². The van der Waals surface area contributed by atoms with Crippen molar-refractivity contribution >= 4 is 5.94 Å².